The number of nitrogens with zero attached hydrogens (tertiary/aromatic N) is 1. The van der Waals surface area contributed by atoms with Crippen LogP contribution < -0.4 is 0 Å². The molecule has 1 aliphatic rings. The zero-order chi connectivity index (χ0) is 21.3. The van der Waals surface area contributed by atoms with Gasteiger partial charge < -0.3 is 0 Å². The summed E-state index contributed by atoms with van der Waals surface area (Å²) in [5, 5.41) is 0. The molecule has 1 unspecified atom stereocenters. The van der Waals surface area contributed by atoms with E-state index in [0.717, 1.165) is 4.31 Å². The summed E-state index contributed by atoms with van der Waals surface area (Å²) in [6.45, 7) is -0.615. The Kier molecular flexibility index (Phi) is 5.15. The summed E-state index contributed by atoms with van der Waals surface area (Å²) in [5.41, 5.74) is 0.447. The minimum Gasteiger partial charge on any atom is -0.293 e. The third-order valence-corrected chi connectivity index (χ3v) is 6.85. The van der Waals surface area contributed by atoms with Gasteiger partial charge in [0.2, 0.25) is 10.0 Å². The lowest BCUT2D eigenvalue weighted by Gasteiger charge is -2.33. The molecule has 0 bridgehead atoms. The van der Waals surface area contributed by atoms with Gasteiger partial charge in [-0.1, -0.05) is 72.8 Å². The Balaban J connectivity index is 1.83. The van der Waals surface area contributed by atoms with E-state index in [0.29, 0.717) is 5.56 Å². The molecule has 30 heavy (non-hydrogen) atoms. The van der Waals surface area contributed by atoms with Crippen LogP contribution in [-0.2, 0) is 10.0 Å². The Morgan fingerprint density at radius 3 is 1.93 bits per heavy atom. The number of benzene rings is 3. The number of ketones is 3. The largest absolute Gasteiger partial charge is 0.293 e. The Hall–Kier alpha value is -3.42. The molecule has 3 aromatic carbocycles. The van der Waals surface area contributed by atoms with E-state index in [1.165, 1.54) is 30.3 Å². The molecule has 0 saturated carbocycles. The molecule has 0 N–H and O–H groups in total. The fraction of sp³-hybridized carbons (Fsp3) is 0.0870. The maximum Gasteiger partial charge on any atom is 0.245 e. The molecule has 1 heterocycles. The molecular formula is C23H17NO5S. The zero-order valence-electron chi connectivity index (χ0n) is 15.8. The van der Waals surface area contributed by atoms with Crippen molar-refractivity contribution >= 4 is 27.4 Å². The van der Waals surface area contributed by atoms with Crippen LogP contribution in [0.2, 0.25) is 0 Å². The van der Waals surface area contributed by atoms with Crippen LogP contribution in [0, 0.1) is 0 Å². The van der Waals surface area contributed by atoms with Gasteiger partial charge in [0.1, 0.15) is 0 Å². The van der Waals surface area contributed by atoms with E-state index in [9.17, 15) is 22.8 Å². The van der Waals surface area contributed by atoms with E-state index in [-0.39, 0.29) is 16.0 Å². The Bertz CT molecular complexity index is 1240. The number of rotatable bonds is 5. The van der Waals surface area contributed by atoms with Crippen molar-refractivity contribution in [3.63, 3.8) is 0 Å². The number of fused-ring (bicyclic) bond motifs is 1. The second kappa shape index (κ2) is 7.78. The molecule has 3 aromatic rings. The standard InChI is InChI=1S/C23H17NO5S/c25-19(16-9-3-1-4-10-16)15-24-21(22(26)17-11-5-2-6-12-17)23(27)18-13-7-8-14-20(18)30(24,28)29/h1-14,21H,15H2. The number of Topliss-reactive ketones (excluding diaryl/α,β-unsaturated/α-hetero) is 3. The fourth-order valence-corrected chi connectivity index (χ4v) is 5.19. The Labute approximate surface area is 173 Å². The van der Waals surface area contributed by atoms with Crippen molar-refractivity contribution in [2.24, 2.45) is 0 Å². The lowest BCUT2D eigenvalue weighted by atomic mass is 9.95. The van der Waals surface area contributed by atoms with E-state index in [1.807, 2.05) is 0 Å². The van der Waals surface area contributed by atoms with Gasteiger partial charge in [0, 0.05) is 16.7 Å². The highest BCUT2D eigenvalue weighted by molar-refractivity contribution is 7.89. The van der Waals surface area contributed by atoms with Crippen LogP contribution in [0.1, 0.15) is 31.1 Å². The fourth-order valence-electron chi connectivity index (χ4n) is 3.48. The van der Waals surface area contributed by atoms with Crippen molar-refractivity contribution in [3.8, 4) is 0 Å². The Morgan fingerprint density at radius 2 is 1.30 bits per heavy atom. The molecule has 0 amide bonds. The Morgan fingerprint density at radius 1 is 0.767 bits per heavy atom. The van der Waals surface area contributed by atoms with Crippen LogP contribution in [0.25, 0.3) is 0 Å². The van der Waals surface area contributed by atoms with E-state index in [4.69, 9.17) is 0 Å². The summed E-state index contributed by atoms with van der Waals surface area (Å²) < 4.78 is 27.4. The molecule has 0 aliphatic carbocycles. The quantitative estimate of drug-likeness (QED) is 0.469. The summed E-state index contributed by atoms with van der Waals surface area (Å²) >= 11 is 0. The monoisotopic (exact) mass is 419 g/mol. The van der Waals surface area contributed by atoms with Crippen molar-refractivity contribution in [2.75, 3.05) is 6.54 Å². The van der Waals surface area contributed by atoms with E-state index in [1.54, 1.807) is 54.6 Å². The van der Waals surface area contributed by atoms with Gasteiger partial charge >= 0.3 is 0 Å². The molecule has 1 atom stereocenters. The normalized spacial score (nSPS) is 17.9. The summed E-state index contributed by atoms with van der Waals surface area (Å²) in [6.07, 6.45) is 0. The van der Waals surface area contributed by atoms with Crippen LogP contribution in [0.3, 0.4) is 0 Å². The lowest BCUT2D eigenvalue weighted by molar-refractivity contribution is 0.0754. The molecule has 1 aliphatic heterocycles. The zero-order valence-corrected chi connectivity index (χ0v) is 16.6. The highest BCUT2D eigenvalue weighted by atomic mass is 32.2. The SMILES string of the molecule is O=C(CN1C(C(=O)c2ccccc2)C(=O)c2ccccc2S1(=O)=O)c1ccccc1. The van der Waals surface area contributed by atoms with Gasteiger partial charge in [0.25, 0.3) is 0 Å². The van der Waals surface area contributed by atoms with Gasteiger partial charge in [-0.3, -0.25) is 14.4 Å². The van der Waals surface area contributed by atoms with Gasteiger partial charge in [-0.15, -0.1) is 0 Å². The molecule has 7 heteroatoms. The number of hydrogen-bond donors (Lipinski definition) is 0. The predicted molar refractivity (Wildman–Crippen MR) is 110 cm³/mol. The molecule has 0 radical (unpaired) electrons. The minimum absolute atomic E-state index is 0.0461. The molecule has 0 spiro atoms. The number of sulfonamides is 1. The molecule has 0 saturated heterocycles. The van der Waals surface area contributed by atoms with Gasteiger partial charge in [-0.05, 0) is 12.1 Å². The van der Waals surface area contributed by atoms with Crippen LogP contribution in [-0.4, -0.2) is 42.7 Å². The average molecular weight is 419 g/mol. The van der Waals surface area contributed by atoms with Gasteiger partial charge in [-0.25, -0.2) is 8.42 Å². The van der Waals surface area contributed by atoms with Crippen LogP contribution in [0.15, 0.2) is 89.8 Å². The minimum atomic E-state index is -4.25. The molecule has 0 fully saturated rings. The molecule has 0 aromatic heterocycles. The van der Waals surface area contributed by atoms with Crippen LogP contribution >= 0.6 is 0 Å². The molecular weight excluding hydrogens is 402 g/mol. The molecule has 4 rings (SSSR count). The third kappa shape index (κ3) is 3.38. The summed E-state index contributed by atoms with van der Waals surface area (Å²) in [4.78, 5) is 39.0. The highest BCUT2D eigenvalue weighted by Gasteiger charge is 2.48. The second-order valence-electron chi connectivity index (χ2n) is 6.83. The molecule has 150 valence electrons. The number of hydrogen-bond acceptors (Lipinski definition) is 5. The van der Waals surface area contributed by atoms with Gasteiger partial charge in [-0.2, -0.15) is 4.31 Å². The van der Waals surface area contributed by atoms with Crippen molar-refractivity contribution in [1.82, 2.24) is 4.31 Å². The van der Waals surface area contributed by atoms with Crippen molar-refractivity contribution in [3.05, 3.63) is 102 Å². The maximum absolute atomic E-state index is 13.3. The highest BCUT2D eigenvalue weighted by Crippen LogP contribution is 2.31. The number of carbonyl (C=O) groups is 3. The third-order valence-electron chi connectivity index (χ3n) is 4.98. The smallest absolute Gasteiger partial charge is 0.245 e. The van der Waals surface area contributed by atoms with Gasteiger partial charge in [0.05, 0.1) is 11.4 Å². The first-order chi connectivity index (χ1) is 14.4. The summed E-state index contributed by atoms with van der Waals surface area (Å²) in [6, 6.07) is 20.3. The van der Waals surface area contributed by atoms with Crippen LogP contribution in [0.4, 0.5) is 0 Å². The summed E-state index contributed by atoms with van der Waals surface area (Å²) in [5.74, 6) is -1.81. The van der Waals surface area contributed by atoms with Crippen molar-refractivity contribution < 1.29 is 22.8 Å². The first-order valence-corrected chi connectivity index (χ1v) is 10.7. The number of carbonyl (C=O) groups excluding carboxylic acids is 3. The van der Waals surface area contributed by atoms with Crippen LogP contribution in [0.5, 0.6) is 0 Å². The van der Waals surface area contributed by atoms with Crippen molar-refractivity contribution in [1.29, 1.82) is 0 Å². The van der Waals surface area contributed by atoms with E-state index < -0.39 is 40.0 Å². The van der Waals surface area contributed by atoms with E-state index >= 15 is 0 Å². The maximum atomic E-state index is 13.3. The topological polar surface area (TPSA) is 88.6 Å². The van der Waals surface area contributed by atoms with Gasteiger partial charge in [0.15, 0.2) is 23.4 Å². The first kappa shape index (κ1) is 19.9. The predicted octanol–water partition coefficient (Wildman–Crippen LogP) is 3.01. The molecule has 6 nitrogen and oxygen atoms in total. The van der Waals surface area contributed by atoms with Crippen molar-refractivity contribution in [2.45, 2.75) is 10.9 Å². The lowest BCUT2D eigenvalue weighted by Crippen LogP contribution is -2.54. The first-order valence-electron chi connectivity index (χ1n) is 9.24. The van der Waals surface area contributed by atoms with E-state index in [2.05, 4.69) is 0 Å². The average Bonchev–Trinajstić information content (AvgIpc) is 2.78. The summed E-state index contributed by atoms with van der Waals surface area (Å²) in [7, 11) is -4.25. The second-order valence-corrected chi connectivity index (χ2v) is 8.69.